The Labute approximate surface area is 470 Å². The molecule has 80 heavy (non-hydrogen) atoms. The van der Waals surface area contributed by atoms with Gasteiger partial charge in [-0.1, -0.05) is 44.3 Å². The molecule has 6 aromatic rings. The minimum Gasteiger partial charge on any atom is -0.444 e. The van der Waals surface area contributed by atoms with Crippen molar-refractivity contribution >= 4 is 78.5 Å². The van der Waals surface area contributed by atoms with Crippen LogP contribution in [0.4, 0.5) is 47.8 Å². The second-order valence-corrected chi connectivity index (χ2v) is 30.7. The van der Waals surface area contributed by atoms with Crippen molar-refractivity contribution in [3.63, 3.8) is 0 Å². The van der Waals surface area contributed by atoms with Gasteiger partial charge in [0, 0.05) is 66.0 Å². The SMILES string of the molecule is CC1(NC(=O)OC(C)(C)C)CCN(c2nc3nc(Sc4cccnc4C(F)(F)F)cnc3n2CCO[Si](C)(C)C(C)(C)C)CC1.CC1(NC(=O)OC(C)(C)C)CCN(c2nc3ncc(Sc4cccnc4C(F)(F)F)nc3[nH]2)CC1. The van der Waals surface area contributed by atoms with Crippen LogP contribution in [0, 0.1) is 0 Å². The molecule has 0 aromatic carbocycles. The fourth-order valence-corrected chi connectivity index (χ4v) is 11.1. The molecule has 0 saturated carbocycles. The number of anilines is 2. The molecule has 2 amide bonds. The molecule has 2 aliphatic rings. The summed E-state index contributed by atoms with van der Waals surface area (Å²) in [5, 5.41) is 6.61. The van der Waals surface area contributed by atoms with E-state index in [2.05, 4.69) is 89.3 Å². The molecule has 8 heterocycles. The lowest BCUT2D eigenvalue weighted by atomic mass is 9.90. The molecule has 2 fully saturated rings. The van der Waals surface area contributed by atoms with E-state index >= 15 is 0 Å². The second kappa shape index (κ2) is 23.5. The first-order chi connectivity index (χ1) is 37.0. The minimum absolute atomic E-state index is 0.0405. The number of fused-ring (bicyclic) bond motifs is 2. The van der Waals surface area contributed by atoms with E-state index in [-0.39, 0.29) is 19.9 Å². The third-order valence-corrected chi connectivity index (χ3v) is 20.1. The molecule has 19 nitrogen and oxygen atoms in total. The lowest BCUT2D eigenvalue weighted by Crippen LogP contribution is -2.54. The Hall–Kier alpha value is -6.00. The van der Waals surface area contributed by atoms with Crippen LogP contribution >= 0.6 is 23.5 Å². The molecule has 0 radical (unpaired) electrons. The van der Waals surface area contributed by atoms with Gasteiger partial charge in [-0.2, -0.15) is 36.3 Å². The van der Waals surface area contributed by atoms with Gasteiger partial charge in [-0.05, 0) is 123 Å². The van der Waals surface area contributed by atoms with E-state index in [1.807, 2.05) is 64.9 Å². The Morgan fingerprint density at radius 1 is 0.662 bits per heavy atom. The van der Waals surface area contributed by atoms with Crippen LogP contribution in [-0.4, -0.2) is 125 Å². The number of rotatable bonds is 12. The highest BCUT2D eigenvalue weighted by molar-refractivity contribution is 7.99. The molecule has 2 saturated heterocycles. The van der Waals surface area contributed by atoms with Crippen LogP contribution in [0.15, 0.2) is 68.9 Å². The molecule has 0 bridgehead atoms. The first-order valence-electron chi connectivity index (χ1n) is 26.0. The van der Waals surface area contributed by atoms with E-state index in [9.17, 15) is 35.9 Å². The lowest BCUT2D eigenvalue weighted by molar-refractivity contribution is -0.144. The van der Waals surface area contributed by atoms with Gasteiger partial charge in [0.25, 0.3) is 0 Å². The van der Waals surface area contributed by atoms with Gasteiger partial charge in [-0.25, -0.2) is 29.5 Å². The summed E-state index contributed by atoms with van der Waals surface area (Å²) >= 11 is 1.69. The number of hydrogen-bond acceptors (Lipinski definition) is 17. The number of aromatic amines is 1. The van der Waals surface area contributed by atoms with Crippen LogP contribution in [0.25, 0.3) is 22.6 Å². The summed E-state index contributed by atoms with van der Waals surface area (Å²) in [6.45, 7) is 29.2. The molecule has 2 aliphatic heterocycles. The van der Waals surface area contributed by atoms with Crippen molar-refractivity contribution in [2.45, 2.75) is 181 Å². The molecule has 0 aliphatic carbocycles. The smallest absolute Gasteiger partial charge is 0.434 e. The van der Waals surface area contributed by atoms with Crippen molar-refractivity contribution < 1.29 is 49.8 Å². The van der Waals surface area contributed by atoms with E-state index in [0.29, 0.717) is 105 Å². The maximum Gasteiger partial charge on any atom is 0.434 e. The average molecular weight is 1180 g/mol. The van der Waals surface area contributed by atoms with Crippen molar-refractivity contribution in [3.8, 4) is 0 Å². The third-order valence-electron chi connectivity index (χ3n) is 13.6. The predicted molar refractivity (Wildman–Crippen MR) is 295 cm³/mol. The van der Waals surface area contributed by atoms with E-state index < -0.39 is 66.5 Å². The van der Waals surface area contributed by atoms with E-state index in [4.69, 9.17) is 18.9 Å². The Kier molecular flexibility index (Phi) is 18.1. The number of nitrogens with zero attached hydrogens (tertiary/aromatic N) is 11. The summed E-state index contributed by atoms with van der Waals surface area (Å²) in [7, 11) is -2.02. The van der Waals surface area contributed by atoms with Gasteiger partial charge in [0.1, 0.15) is 21.3 Å². The Morgan fingerprint density at radius 2 is 1.14 bits per heavy atom. The number of piperidine rings is 2. The maximum absolute atomic E-state index is 13.6. The summed E-state index contributed by atoms with van der Waals surface area (Å²) in [5.74, 6) is 1.22. The van der Waals surface area contributed by atoms with Crippen LogP contribution < -0.4 is 20.4 Å². The maximum atomic E-state index is 13.6. The van der Waals surface area contributed by atoms with Gasteiger partial charge in [0.05, 0.1) is 19.0 Å². The number of nitrogens with one attached hydrogen (secondary N) is 3. The van der Waals surface area contributed by atoms with Gasteiger partial charge >= 0.3 is 24.5 Å². The highest BCUT2D eigenvalue weighted by Crippen LogP contribution is 2.41. The highest BCUT2D eigenvalue weighted by atomic mass is 32.2. The summed E-state index contributed by atoms with van der Waals surface area (Å²) in [6, 6.07) is 5.62. The zero-order chi connectivity index (χ0) is 58.9. The van der Waals surface area contributed by atoms with E-state index in [0.717, 1.165) is 35.9 Å². The fourth-order valence-electron chi connectivity index (χ4n) is 8.30. The number of ether oxygens (including phenoxy) is 2. The van der Waals surface area contributed by atoms with Crippen molar-refractivity contribution in [2.75, 3.05) is 42.6 Å². The molecule has 0 spiro atoms. The number of amides is 2. The quantitative estimate of drug-likeness (QED) is 0.0767. The molecule has 8 rings (SSSR count). The van der Waals surface area contributed by atoms with Gasteiger partial charge in [0.2, 0.25) is 11.9 Å². The zero-order valence-corrected chi connectivity index (χ0v) is 49.9. The number of aromatic nitrogens is 10. The first-order valence-corrected chi connectivity index (χ1v) is 30.6. The number of halogens is 6. The van der Waals surface area contributed by atoms with Crippen molar-refractivity contribution in [1.29, 1.82) is 0 Å². The number of hydrogen-bond donors (Lipinski definition) is 3. The van der Waals surface area contributed by atoms with Gasteiger partial charge in [-0.3, -0.25) is 14.5 Å². The molecule has 436 valence electrons. The second-order valence-electron chi connectivity index (χ2n) is 23.7. The Bertz CT molecular complexity index is 3140. The van der Waals surface area contributed by atoms with Crippen LogP contribution in [0.5, 0.6) is 0 Å². The average Bonchev–Trinajstić information content (AvgIpc) is 4.09. The number of carbonyl (C=O) groups excluding carboxylic acids is 2. The molecule has 6 aromatic heterocycles. The molecule has 28 heteroatoms. The third kappa shape index (κ3) is 16.1. The zero-order valence-electron chi connectivity index (χ0n) is 47.2. The van der Waals surface area contributed by atoms with E-state index in [1.165, 1.54) is 36.7 Å². The Balaban J connectivity index is 0.000000238. The number of alkyl carbamates (subject to hydrolysis) is 2. The monoisotopic (exact) mass is 1180 g/mol. The highest BCUT2D eigenvalue weighted by Gasteiger charge is 2.40. The number of imidazole rings is 2. The lowest BCUT2D eigenvalue weighted by Gasteiger charge is -2.40. The molecular weight excluding hydrogens is 1110 g/mol. The number of alkyl halides is 6. The Morgan fingerprint density at radius 3 is 1.61 bits per heavy atom. The first kappa shape index (κ1) is 61.6. The summed E-state index contributed by atoms with van der Waals surface area (Å²) < 4.78 is 99.7. The summed E-state index contributed by atoms with van der Waals surface area (Å²) in [6.07, 6.45) is -2.32. The number of H-pyrrole nitrogens is 1. The van der Waals surface area contributed by atoms with Crippen LogP contribution in [0.2, 0.25) is 18.1 Å². The topological polar surface area (TPSA) is 216 Å². The van der Waals surface area contributed by atoms with Gasteiger partial charge < -0.3 is 39.3 Å². The number of carbonyl (C=O) groups is 2. The summed E-state index contributed by atoms with van der Waals surface area (Å²) in [4.78, 5) is 66.1. The molecular formula is C52H70F6N14O5S2Si. The minimum atomic E-state index is -4.60. The van der Waals surface area contributed by atoms with Crippen LogP contribution in [0.1, 0.15) is 113 Å². The predicted octanol–water partition coefficient (Wildman–Crippen LogP) is 12.1. The fraction of sp³-hybridized carbons (Fsp3) is 0.577. The number of pyridine rings is 2. The largest absolute Gasteiger partial charge is 0.444 e. The van der Waals surface area contributed by atoms with Crippen molar-refractivity contribution in [2.24, 2.45) is 0 Å². The molecule has 3 N–H and O–H groups in total. The summed E-state index contributed by atoms with van der Waals surface area (Å²) in [5.41, 5.74) is -2.37. The van der Waals surface area contributed by atoms with Crippen LogP contribution in [-0.2, 0) is 32.8 Å². The standard InChI is InChI=1S/C30H44F3N7O3SSi.C22H26F3N7O2S/c1-27(2,3)43-26(41)38-29(7)12-15-39(16-13-29)25-37-23-24(40(25)17-18-42-45(8,9)28(4,5)6)35-19-21(36-23)44-20-11-10-14-34-22(20)30(31,32)33;1-20(2,3)34-19(33)31-21(4)7-10-32(11-8-21)18-29-16-17(30-18)28-14(12-27-16)35-13-6-5-9-26-15(13)22(23,24)25/h10-11,14,19H,12-13,15-18H2,1-9H3,(H,38,41);5-6,9,12H,7-8,10-11H2,1-4H3,(H,31,33)(H,27,28,29,30). The normalized spacial score (nSPS) is 16.3. The molecule has 0 atom stereocenters. The van der Waals surface area contributed by atoms with Crippen molar-refractivity contribution in [3.05, 3.63) is 60.4 Å². The van der Waals surface area contributed by atoms with Gasteiger partial charge in [0.15, 0.2) is 42.3 Å². The van der Waals surface area contributed by atoms with Gasteiger partial charge in [-0.15, -0.1) is 0 Å². The molecule has 0 unspecified atom stereocenters. The van der Waals surface area contributed by atoms with E-state index in [1.54, 1.807) is 0 Å². The van der Waals surface area contributed by atoms with Crippen molar-refractivity contribution in [1.82, 2.24) is 60.1 Å². The van der Waals surface area contributed by atoms with Crippen LogP contribution in [0.3, 0.4) is 0 Å².